The summed E-state index contributed by atoms with van der Waals surface area (Å²) in [4.78, 5) is 15.9. The Morgan fingerprint density at radius 2 is 2.12 bits per heavy atom. The molecule has 1 aromatic carbocycles. The van der Waals surface area contributed by atoms with E-state index in [1.807, 2.05) is 13.0 Å². The van der Waals surface area contributed by atoms with Gasteiger partial charge in [0.2, 0.25) is 10.0 Å². The largest absolute Gasteiger partial charge is 0.377 e. The predicted molar refractivity (Wildman–Crippen MR) is 99.1 cm³/mol. The Morgan fingerprint density at radius 1 is 1.27 bits per heavy atom. The Morgan fingerprint density at radius 3 is 2.85 bits per heavy atom. The van der Waals surface area contributed by atoms with E-state index < -0.39 is 10.0 Å². The Balaban J connectivity index is 1.73. The number of rotatable bonds is 5. The predicted octanol–water partition coefficient (Wildman–Crippen LogP) is 2.71. The minimum absolute atomic E-state index is 0.0472. The fourth-order valence-electron chi connectivity index (χ4n) is 3.99. The van der Waals surface area contributed by atoms with Crippen LogP contribution in [0, 0.1) is 0 Å². The number of ketones is 1. The smallest absolute Gasteiger partial charge is 0.241 e. The number of aromatic nitrogens is 1. The molecule has 1 fully saturated rings. The van der Waals surface area contributed by atoms with Gasteiger partial charge in [-0.25, -0.2) is 13.1 Å². The number of aromatic amines is 1. The number of benzene rings is 1. The first-order valence-electron chi connectivity index (χ1n) is 9.31. The zero-order valence-electron chi connectivity index (χ0n) is 14.9. The first kappa shape index (κ1) is 17.7. The van der Waals surface area contributed by atoms with Gasteiger partial charge in [-0.3, -0.25) is 4.79 Å². The molecular formula is C19H24N2O4S. The van der Waals surface area contributed by atoms with E-state index in [9.17, 15) is 13.2 Å². The lowest BCUT2D eigenvalue weighted by Crippen LogP contribution is -2.32. The van der Waals surface area contributed by atoms with Gasteiger partial charge in [-0.2, -0.15) is 0 Å². The number of nitrogens with one attached hydrogen (secondary N) is 2. The normalized spacial score (nSPS) is 20.7. The lowest BCUT2D eigenvalue weighted by atomic mass is 9.94. The number of aryl methyl sites for hydroxylation is 2. The van der Waals surface area contributed by atoms with Gasteiger partial charge in [-0.05, 0) is 49.8 Å². The second kappa shape index (κ2) is 6.79. The molecule has 0 radical (unpaired) electrons. The Kier molecular flexibility index (Phi) is 4.62. The molecule has 2 aliphatic rings. The first-order chi connectivity index (χ1) is 12.5. The number of carbonyl (C=O) groups excluding carboxylic acids is 1. The van der Waals surface area contributed by atoms with Crippen molar-refractivity contribution in [1.82, 2.24) is 9.71 Å². The van der Waals surface area contributed by atoms with Crippen LogP contribution in [-0.2, 0) is 27.6 Å². The van der Waals surface area contributed by atoms with Crippen molar-refractivity contribution in [3.05, 3.63) is 29.0 Å². The van der Waals surface area contributed by atoms with E-state index in [0.29, 0.717) is 26.0 Å². The van der Waals surface area contributed by atoms with Crippen LogP contribution in [0.2, 0.25) is 0 Å². The molecule has 2 heterocycles. The second-order valence-corrected chi connectivity index (χ2v) is 8.84. The minimum Gasteiger partial charge on any atom is -0.377 e. The number of hydrogen-bond acceptors (Lipinski definition) is 4. The molecule has 26 heavy (non-hydrogen) atoms. The SMILES string of the molecule is CCc1cc2c3c([nH]c2cc1S(=O)(=O)NCC1CCCO1)CCCC3=O. The molecule has 0 amide bonds. The summed E-state index contributed by atoms with van der Waals surface area (Å²) < 4.78 is 33.9. The third-order valence-corrected chi connectivity index (χ3v) is 6.87. The van der Waals surface area contributed by atoms with Gasteiger partial charge in [0.15, 0.2) is 5.78 Å². The quantitative estimate of drug-likeness (QED) is 0.840. The van der Waals surface area contributed by atoms with Crippen molar-refractivity contribution in [3.63, 3.8) is 0 Å². The summed E-state index contributed by atoms with van der Waals surface area (Å²) in [6, 6.07) is 3.55. The van der Waals surface area contributed by atoms with E-state index in [4.69, 9.17) is 4.74 Å². The van der Waals surface area contributed by atoms with Gasteiger partial charge >= 0.3 is 0 Å². The standard InChI is InChI=1S/C19H24N2O4S/c1-2-12-9-14-16(21-15-6-3-7-17(22)19(14)15)10-18(12)26(23,24)20-11-13-5-4-8-25-13/h9-10,13,20-21H,2-8,11H2,1H3. The Hall–Kier alpha value is -1.70. The van der Waals surface area contributed by atoms with E-state index >= 15 is 0 Å². The van der Waals surface area contributed by atoms with Gasteiger partial charge in [-0.1, -0.05) is 6.92 Å². The summed E-state index contributed by atoms with van der Waals surface area (Å²) in [6.45, 7) is 2.92. The number of carbonyl (C=O) groups is 1. The van der Waals surface area contributed by atoms with Crippen LogP contribution in [0.4, 0.5) is 0 Å². The molecular weight excluding hydrogens is 352 g/mol. The summed E-state index contributed by atoms with van der Waals surface area (Å²) in [7, 11) is -3.63. The molecule has 1 atom stereocenters. The third-order valence-electron chi connectivity index (χ3n) is 5.36. The number of hydrogen-bond donors (Lipinski definition) is 2. The number of ether oxygens (including phenoxy) is 1. The van der Waals surface area contributed by atoms with Crippen LogP contribution in [0.1, 0.15) is 54.2 Å². The van der Waals surface area contributed by atoms with Crippen molar-refractivity contribution in [1.29, 1.82) is 0 Å². The van der Waals surface area contributed by atoms with Crippen LogP contribution in [0.5, 0.6) is 0 Å². The number of Topliss-reactive ketones (excluding diaryl/α,β-unsaturated/α-hetero) is 1. The van der Waals surface area contributed by atoms with Gasteiger partial charge in [0.05, 0.1) is 11.0 Å². The Labute approximate surface area is 153 Å². The van der Waals surface area contributed by atoms with Crippen LogP contribution >= 0.6 is 0 Å². The highest BCUT2D eigenvalue weighted by molar-refractivity contribution is 7.89. The molecule has 1 unspecified atom stereocenters. The molecule has 4 rings (SSSR count). The van der Waals surface area contributed by atoms with Crippen molar-refractivity contribution in [2.75, 3.05) is 13.2 Å². The lowest BCUT2D eigenvalue weighted by molar-refractivity contribution is 0.0974. The number of H-pyrrole nitrogens is 1. The molecule has 1 aliphatic carbocycles. The molecule has 2 N–H and O–H groups in total. The van der Waals surface area contributed by atoms with Crippen LogP contribution < -0.4 is 4.72 Å². The summed E-state index contributed by atoms with van der Waals surface area (Å²) in [5.74, 6) is 0.145. The summed E-state index contributed by atoms with van der Waals surface area (Å²) in [5.41, 5.74) is 3.13. The van der Waals surface area contributed by atoms with Gasteiger partial charge in [-0.15, -0.1) is 0 Å². The van der Waals surface area contributed by atoms with Gasteiger partial charge < -0.3 is 9.72 Å². The number of sulfonamides is 1. The molecule has 1 saturated heterocycles. The van der Waals surface area contributed by atoms with Crippen LogP contribution in [0.15, 0.2) is 17.0 Å². The van der Waals surface area contributed by atoms with Crippen LogP contribution in [0.25, 0.3) is 10.9 Å². The lowest BCUT2D eigenvalue weighted by Gasteiger charge is -2.14. The van der Waals surface area contributed by atoms with E-state index in [1.165, 1.54) is 0 Å². The van der Waals surface area contributed by atoms with Crippen molar-refractivity contribution >= 4 is 26.7 Å². The van der Waals surface area contributed by atoms with Gasteiger partial charge in [0, 0.05) is 41.7 Å². The summed E-state index contributed by atoms with van der Waals surface area (Å²) in [5, 5.41) is 0.847. The highest BCUT2D eigenvalue weighted by Gasteiger charge is 2.26. The molecule has 0 bridgehead atoms. The second-order valence-electron chi connectivity index (χ2n) is 7.10. The maximum atomic E-state index is 12.9. The summed E-state index contributed by atoms with van der Waals surface area (Å²) in [6.07, 6.45) is 4.62. The van der Waals surface area contributed by atoms with Crippen LogP contribution in [-0.4, -0.2) is 38.4 Å². The maximum absolute atomic E-state index is 12.9. The van der Waals surface area contributed by atoms with Crippen LogP contribution in [0.3, 0.4) is 0 Å². The summed E-state index contributed by atoms with van der Waals surface area (Å²) >= 11 is 0. The molecule has 0 spiro atoms. The fourth-order valence-corrected chi connectivity index (χ4v) is 5.37. The van der Waals surface area contributed by atoms with E-state index in [2.05, 4.69) is 9.71 Å². The molecule has 140 valence electrons. The van der Waals surface area contributed by atoms with Crippen molar-refractivity contribution < 1.29 is 17.9 Å². The minimum atomic E-state index is -3.63. The maximum Gasteiger partial charge on any atom is 0.241 e. The van der Waals surface area contributed by atoms with Gasteiger partial charge in [0.1, 0.15) is 0 Å². The molecule has 0 saturated carbocycles. The average Bonchev–Trinajstić information content (AvgIpc) is 3.26. The molecule has 2 aromatic rings. The van der Waals surface area contributed by atoms with Crippen molar-refractivity contribution in [3.8, 4) is 0 Å². The average molecular weight is 376 g/mol. The third kappa shape index (κ3) is 3.08. The Bertz CT molecular complexity index is 956. The van der Waals surface area contributed by atoms with E-state index in [-0.39, 0.29) is 16.8 Å². The fraction of sp³-hybridized carbons (Fsp3) is 0.526. The monoisotopic (exact) mass is 376 g/mol. The highest BCUT2D eigenvalue weighted by atomic mass is 32.2. The molecule has 1 aliphatic heterocycles. The zero-order chi connectivity index (χ0) is 18.3. The van der Waals surface area contributed by atoms with Crippen molar-refractivity contribution in [2.24, 2.45) is 0 Å². The molecule has 6 nitrogen and oxygen atoms in total. The molecule has 7 heteroatoms. The van der Waals surface area contributed by atoms with Crippen molar-refractivity contribution in [2.45, 2.75) is 56.4 Å². The highest BCUT2D eigenvalue weighted by Crippen LogP contribution is 2.32. The van der Waals surface area contributed by atoms with Gasteiger partial charge in [0.25, 0.3) is 0 Å². The first-order valence-corrected chi connectivity index (χ1v) is 10.8. The van der Waals surface area contributed by atoms with E-state index in [0.717, 1.165) is 53.4 Å². The number of fused-ring (bicyclic) bond motifs is 3. The molecule has 1 aromatic heterocycles. The van der Waals surface area contributed by atoms with E-state index in [1.54, 1.807) is 6.07 Å². The topological polar surface area (TPSA) is 88.3 Å². The zero-order valence-corrected chi connectivity index (χ0v) is 15.7.